The monoisotopic (exact) mass is 249 g/mol. The molecule has 90 valence electrons. The molecule has 2 N–H and O–H groups in total. The fourth-order valence-electron chi connectivity index (χ4n) is 2.11. The molecule has 1 fully saturated rings. The van der Waals surface area contributed by atoms with Gasteiger partial charge in [0.1, 0.15) is 6.07 Å². The van der Waals surface area contributed by atoms with E-state index in [4.69, 9.17) is 16.9 Å². The Morgan fingerprint density at radius 1 is 1.53 bits per heavy atom. The molecule has 1 aliphatic rings. The van der Waals surface area contributed by atoms with Crippen molar-refractivity contribution in [1.82, 2.24) is 5.32 Å². The number of benzene rings is 1. The van der Waals surface area contributed by atoms with Crippen LogP contribution in [0.5, 0.6) is 0 Å². The van der Waals surface area contributed by atoms with Crippen LogP contribution >= 0.6 is 11.6 Å². The lowest BCUT2D eigenvalue weighted by molar-refractivity contribution is 0.574. The van der Waals surface area contributed by atoms with Crippen LogP contribution in [0.25, 0.3) is 0 Å². The summed E-state index contributed by atoms with van der Waals surface area (Å²) in [5, 5.41) is 16.1. The van der Waals surface area contributed by atoms with Gasteiger partial charge in [0.15, 0.2) is 0 Å². The van der Waals surface area contributed by atoms with Gasteiger partial charge in [0.25, 0.3) is 0 Å². The fraction of sp³-hybridized carbons (Fsp3) is 0.462. The van der Waals surface area contributed by atoms with E-state index in [0.29, 0.717) is 16.6 Å². The summed E-state index contributed by atoms with van der Waals surface area (Å²) in [6.07, 6.45) is 3.68. The van der Waals surface area contributed by atoms with Crippen molar-refractivity contribution in [2.24, 2.45) is 0 Å². The molecule has 1 saturated heterocycles. The molecule has 0 unspecified atom stereocenters. The average Bonchev–Trinajstić information content (AvgIpc) is 2.82. The van der Waals surface area contributed by atoms with Gasteiger partial charge in [-0.2, -0.15) is 5.26 Å². The zero-order valence-corrected chi connectivity index (χ0v) is 10.4. The minimum atomic E-state index is 0.511. The van der Waals surface area contributed by atoms with E-state index in [0.717, 1.165) is 25.2 Å². The maximum Gasteiger partial charge on any atom is 0.101 e. The summed E-state index contributed by atoms with van der Waals surface area (Å²) < 4.78 is 0. The number of halogens is 1. The first-order chi connectivity index (χ1) is 8.29. The molecule has 3 nitrogen and oxygen atoms in total. The lowest BCUT2D eigenvalue weighted by atomic mass is 10.1. The minimum Gasteiger partial charge on any atom is -0.385 e. The number of nitrogens with one attached hydrogen (secondary N) is 2. The smallest absolute Gasteiger partial charge is 0.101 e. The van der Waals surface area contributed by atoms with Gasteiger partial charge in [0.2, 0.25) is 0 Å². The highest BCUT2D eigenvalue weighted by molar-refractivity contribution is 6.32. The van der Waals surface area contributed by atoms with Crippen molar-refractivity contribution >= 4 is 17.3 Å². The maximum atomic E-state index is 8.77. The predicted molar refractivity (Wildman–Crippen MR) is 70.3 cm³/mol. The third kappa shape index (κ3) is 3.36. The molecule has 0 aromatic heterocycles. The second kappa shape index (κ2) is 5.90. The Kier molecular flexibility index (Phi) is 4.24. The second-order valence-corrected chi connectivity index (χ2v) is 4.72. The zero-order valence-electron chi connectivity index (χ0n) is 9.67. The van der Waals surface area contributed by atoms with Crippen molar-refractivity contribution in [3.8, 4) is 6.07 Å². The highest BCUT2D eigenvalue weighted by Crippen LogP contribution is 2.20. The standard InChI is InChI=1S/C13H16ClN3/c14-13-8-12(4-3-10(13)9-15)17-7-5-11-2-1-6-16-11/h3-4,8,11,16-17H,1-2,5-7H2/t11-/m0/s1. The number of nitriles is 1. The van der Waals surface area contributed by atoms with Gasteiger partial charge in [-0.15, -0.1) is 0 Å². The number of anilines is 1. The van der Waals surface area contributed by atoms with Crippen molar-refractivity contribution in [1.29, 1.82) is 5.26 Å². The number of hydrogen-bond donors (Lipinski definition) is 2. The molecule has 0 amide bonds. The van der Waals surface area contributed by atoms with Crippen LogP contribution in [0.15, 0.2) is 18.2 Å². The number of nitrogens with zero attached hydrogens (tertiary/aromatic N) is 1. The van der Waals surface area contributed by atoms with Crippen LogP contribution in [0, 0.1) is 11.3 Å². The van der Waals surface area contributed by atoms with E-state index in [2.05, 4.69) is 16.7 Å². The first kappa shape index (κ1) is 12.2. The number of hydrogen-bond acceptors (Lipinski definition) is 3. The van der Waals surface area contributed by atoms with Crippen molar-refractivity contribution in [3.05, 3.63) is 28.8 Å². The van der Waals surface area contributed by atoms with Crippen LogP contribution < -0.4 is 10.6 Å². The van der Waals surface area contributed by atoms with Gasteiger partial charge in [-0.05, 0) is 44.0 Å². The van der Waals surface area contributed by atoms with E-state index in [-0.39, 0.29) is 0 Å². The molecule has 1 aromatic carbocycles. The summed E-state index contributed by atoms with van der Waals surface area (Å²) in [5.41, 5.74) is 1.50. The summed E-state index contributed by atoms with van der Waals surface area (Å²) in [6, 6.07) is 8.15. The Morgan fingerprint density at radius 2 is 2.41 bits per heavy atom. The Labute approximate surface area is 107 Å². The first-order valence-corrected chi connectivity index (χ1v) is 6.34. The molecule has 4 heteroatoms. The van der Waals surface area contributed by atoms with Crippen molar-refractivity contribution in [2.45, 2.75) is 25.3 Å². The Hall–Kier alpha value is -1.24. The summed E-state index contributed by atoms with van der Waals surface area (Å²) in [7, 11) is 0. The van der Waals surface area contributed by atoms with E-state index >= 15 is 0 Å². The van der Waals surface area contributed by atoms with Crippen molar-refractivity contribution < 1.29 is 0 Å². The van der Waals surface area contributed by atoms with Crippen LogP contribution in [0.3, 0.4) is 0 Å². The van der Waals surface area contributed by atoms with E-state index in [1.807, 2.05) is 12.1 Å². The highest BCUT2D eigenvalue weighted by Gasteiger charge is 2.12. The van der Waals surface area contributed by atoms with E-state index in [1.165, 1.54) is 12.8 Å². The lowest BCUT2D eigenvalue weighted by Crippen LogP contribution is -2.24. The van der Waals surface area contributed by atoms with Gasteiger partial charge in [0.05, 0.1) is 10.6 Å². The topological polar surface area (TPSA) is 47.9 Å². The minimum absolute atomic E-state index is 0.511. The molecule has 0 radical (unpaired) electrons. The van der Waals surface area contributed by atoms with Gasteiger partial charge >= 0.3 is 0 Å². The van der Waals surface area contributed by atoms with Gasteiger partial charge in [0, 0.05) is 18.3 Å². The molecular weight excluding hydrogens is 234 g/mol. The average molecular weight is 250 g/mol. The summed E-state index contributed by atoms with van der Waals surface area (Å²) in [5.74, 6) is 0. The lowest BCUT2D eigenvalue weighted by Gasteiger charge is -2.11. The quantitative estimate of drug-likeness (QED) is 0.863. The van der Waals surface area contributed by atoms with Crippen LogP contribution in [0.1, 0.15) is 24.8 Å². The molecule has 1 heterocycles. The predicted octanol–water partition coefficient (Wildman–Crippen LogP) is 2.77. The van der Waals surface area contributed by atoms with Crippen LogP contribution in [0.4, 0.5) is 5.69 Å². The van der Waals surface area contributed by atoms with E-state index in [1.54, 1.807) is 6.07 Å². The van der Waals surface area contributed by atoms with Crippen molar-refractivity contribution in [3.63, 3.8) is 0 Å². The normalized spacial score (nSPS) is 18.9. The zero-order chi connectivity index (χ0) is 12.1. The fourth-order valence-corrected chi connectivity index (χ4v) is 2.33. The molecule has 1 aromatic rings. The molecule has 17 heavy (non-hydrogen) atoms. The molecule has 1 aliphatic heterocycles. The molecular formula is C13H16ClN3. The van der Waals surface area contributed by atoms with E-state index in [9.17, 15) is 0 Å². The molecule has 0 spiro atoms. The SMILES string of the molecule is N#Cc1ccc(NCC[C@@H]2CCCN2)cc1Cl. The third-order valence-electron chi connectivity index (χ3n) is 3.07. The Balaban J connectivity index is 1.82. The molecule has 1 atom stereocenters. The van der Waals surface area contributed by atoms with E-state index < -0.39 is 0 Å². The Bertz CT molecular complexity index is 419. The molecule has 2 rings (SSSR count). The summed E-state index contributed by atoms with van der Waals surface area (Å²) in [4.78, 5) is 0. The highest BCUT2D eigenvalue weighted by atomic mass is 35.5. The van der Waals surface area contributed by atoms with Gasteiger partial charge in [-0.1, -0.05) is 11.6 Å². The van der Waals surface area contributed by atoms with Gasteiger partial charge < -0.3 is 10.6 Å². The summed E-state index contributed by atoms with van der Waals surface area (Å²) >= 11 is 5.96. The molecule has 0 bridgehead atoms. The first-order valence-electron chi connectivity index (χ1n) is 5.96. The summed E-state index contributed by atoms with van der Waals surface area (Å²) in [6.45, 7) is 2.08. The number of rotatable bonds is 4. The van der Waals surface area contributed by atoms with Crippen LogP contribution in [0.2, 0.25) is 5.02 Å². The third-order valence-corrected chi connectivity index (χ3v) is 3.39. The maximum absolute atomic E-state index is 8.77. The second-order valence-electron chi connectivity index (χ2n) is 4.32. The van der Waals surface area contributed by atoms with Gasteiger partial charge in [-0.3, -0.25) is 0 Å². The van der Waals surface area contributed by atoms with Crippen molar-refractivity contribution in [2.75, 3.05) is 18.4 Å². The largest absolute Gasteiger partial charge is 0.385 e. The molecule has 0 aliphatic carbocycles. The molecule has 0 saturated carbocycles. The van der Waals surface area contributed by atoms with Gasteiger partial charge in [-0.25, -0.2) is 0 Å². The Morgan fingerprint density at radius 3 is 3.06 bits per heavy atom. The van der Waals surface area contributed by atoms with Crippen LogP contribution in [-0.4, -0.2) is 19.1 Å². The van der Waals surface area contributed by atoms with Crippen LogP contribution in [-0.2, 0) is 0 Å².